The van der Waals surface area contributed by atoms with Crippen molar-refractivity contribution < 1.29 is 9.53 Å². The number of hydrogen-bond donors (Lipinski definition) is 1. The van der Waals surface area contributed by atoms with Crippen molar-refractivity contribution in [1.82, 2.24) is 45.7 Å². The first-order valence-electron chi connectivity index (χ1n) is 8.32. The maximum atomic E-state index is 12.2. The highest BCUT2D eigenvalue weighted by Crippen LogP contribution is 2.22. The van der Waals surface area contributed by atoms with E-state index < -0.39 is 5.97 Å². The second kappa shape index (κ2) is 7.35. The largest absolute Gasteiger partial charge is 0.425 e. The molecule has 1 aliphatic rings. The van der Waals surface area contributed by atoms with Gasteiger partial charge in [0.25, 0.3) is 0 Å². The van der Waals surface area contributed by atoms with Crippen molar-refractivity contribution in [2.24, 2.45) is 0 Å². The van der Waals surface area contributed by atoms with Crippen molar-refractivity contribution in [3.8, 4) is 17.4 Å². The highest BCUT2D eigenvalue weighted by atomic mass is 16.5. The molecule has 3 heterocycles. The first kappa shape index (κ1) is 16.3. The minimum absolute atomic E-state index is 0.143. The molecule has 11 heteroatoms. The van der Waals surface area contributed by atoms with Gasteiger partial charge in [-0.25, -0.2) is 14.2 Å². The molecule has 0 spiro atoms. The average Bonchev–Trinajstić information content (AvgIpc) is 3.32. The lowest BCUT2D eigenvalue weighted by atomic mass is 10.1. The Hall–Kier alpha value is -3.21. The molecule has 1 aliphatic heterocycles. The number of nitrogens with one attached hydrogen (secondary N) is 1. The molecule has 11 nitrogen and oxygen atoms in total. The number of rotatable bonds is 5. The van der Waals surface area contributed by atoms with Gasteiger partial charge in [0.15, 0.2) is 0 Å². The Morgan fingerprint density at radius 3 is 2.62 bits per heavy atom. The molecule has 0 radical (unpaired) electrons. The number of benzene rings is 1. The van der Waals surface area contributed by atoms with Gasteiger partial charge in [0, 0.05) is 0 Å². The van der Waals surface area contributed by atoms with Gasteiger partial charge in [0.2, 0.25) is 11.6 Å². The van der Waals surface area contributed by atoms with Crippen LogP contribution in [0.4, 0.5) is 0 Å². The molecule has 0 atom stereocenters. The molecule has 0 unspecified atom stereocenters. The van der Waals surface area contributed by atoms with Gasteiger partial charge in [-0.15, -0.1) is 10.2 Å². The van der Waals surface area contributed by atoms with Gasteiger partial charge in [-0.1, -0.05) is 18.2 Å². The summed E-state index contributed by atoms with van der Waals surface area (Å²) >= 11 is 0. The second-order valence-electron chi connectivity index (χ2n) is 5.88. The molecule has 1 fully saturated rings. The molecule has 0 aliphatic carbocycles. The van der Waals surface area contributed by atoms with Gasteiger partial charge in [-0.2, -0.15) is 0 Å². The van der Waals surface area contributed by atoms with E-state index in [1.807, 2.05) is 6.07 Å². The van der Waals surface area contributed by atoms with Gasteiger partial charge in [-0.3, -0.25) is 0 Å². The van der Waals surface area contributed by atoms with Crippen molar-refractivity contribution in [2.45, 2.75) is 25.4 Å². The van der Waals surface area contributed by atoms with Crippen molar-refractivity contribution in [1.29, 1.82) is 0 Å². The average molecular weight is 355 g/mol. The molecule has 134 valence electrons. The zero-order valence-corrected chi connectivity index (χ0v) is 13.9. The molecule has 0 bridgehead atoms. The Balaban J connectivity index is 1.52. The molecule has 1 aromatic carbocycles. The van der Waals surface area contributed by atoms with Crippen molar-refractivity contribution in [3.05, 3.63) is 30.3 Å². The van der Waals surface area contributed by atoms with Gasteiger partial charge >= 0.3 is 5.97 Å². The molecule has 1 N–H and O–H groups in total. The summed E-state index contributed by atoms with van der Waals surface area (Å²) in [6.45, 7) is 1.66. The number of piperidine rings is 1. The fourth-order valence-electron chi connectivity index (χ4n) is 2.88. The number of tetrazole rings is 2. The molecule has 4 rings (SSSR count). The number of nitrogens with zero attached hydrogens (tertiary/aromatic N) is 8. The highest BCUT2D eigenvalue weighted by molar-refractivity contribution is 5.72. The zero-order valence-electron chi connectivity index (χ0n) is 13.9. The molecule has 0 amide bonds. The van der Waals surface area contributed by atoms with E-state index in [2.05, 4.69) is 36.4 Å². The number of esters is 1. The predicted molar refractivity (Wildman–Crippen MR) is 87.8 cm³/mol. The van der Waals surface area contributed by atoms with Crippen molar-refractivity contribution in [2.75, 3.05) is 13.1 Å². The predicted octanol–water partition coefficient (Wildman–Crippen LogP) is -0.143. The number of aromatic nitrogens is 8. The van der Waals surface area contributed by atoms with Crippen LogP contribution in [-0.2, 0) is 11.3 Å². The van der Waals surface area contributed by atoms with Crippen molar-refractivity contribution >= 4 is 5.97 Å². The Kier molecular flexibility index (Phi) is 4.60. The third-order valence-electron chi connectivity index (χ3n) is 4.13. The molecule has 3 aromatic rings. The highest BCUT2D eigenvalue weighted by Gasteiger charge is 2.25. The Morgan fingerprint density at radius 1 is 1.08 bits per heavy atom. The lowest BCUT2D eigenvalue weighted by molar-refractivity contribution is -0.135. The molecular formula is C15H17N9O2. The third-order valence-corrected chi connectivity index (χ3v) is 4.13. The van der Waals surface area contributed by atoms with E-state index >= 15 is 0 Å². The summed E-state index contributed by atoms with van der Waals surface area (Å²) in [6.07, 6.45) is 1.82. The number of ether oxygens (including phenoxy) is 1. The lowest BCUT2D eigenvalue weighted by Crippen LogP contribution is -2.30. The summed E-state index contributed by atoms with van der Waals surface area (Å²) in [5.74, 6) is 0.755. The zero-order chi connectivity index (χ0) is 17.8. The lowest BCUT2D eigenvalue weighted by Gasteiger charge is -2.22. The maximum Gasteiger partial charge on any atom is 0.333 e. The third kappa shape index (κ3) is 3.42. The quantitative estimate of drug-likeness (QED) is 0.491. The van der Waals surface area contributed by atoms with Crippen LogP contribution in [0.25, 0.3) is 11.6 Å². The summed E-state index contributed by atoms with van der Waals surface area (Å²) in [5.41, 5.74) is 0. The molecule has 2 aromatic heterocycles. The fraction of sp³-hybridized carbons (Fsp3) is 0.400. The SMILES string of the molecule is O=C(Cn1nnnc1-c1nnnn1C1CCNCC1)Oc1ccccc1. The van der Waals surface area contributed by atoms with Gasteiger partial charge in [-0.05, 0) is 58.9 Å². The number of carbonyl (C=O) groups is 1. The molecule has 1 saturated heterocycles. The summed E-state index contributed by atoms with van der Waals surface area (Å²) in [4.78, 5) is 12.2. The van der Waals surface area contributed by atoms with Crippen LogP contribution in [0.2, 0.25) is 0 Å². The van der Waals surface area contributed by atoms with Crippen molar-refractivity contribution in [3.63, 3.8) is 0 Å². The van der Waals surface area contributed by atoms with Crippen LogP contribution in [0.5, 0.6) is 5.75 Å². The van der Waals surface area contributed by atoms with Crippen LogP contribution in [0.3, 0.4) is 0 Å². The molecule has 26 heavy (non-hydrogen) atoms. The minimum atomic E-state index is -0.481. The summed E-state index contributed by atoms with van der Waals surface area (Å²) in [7, 11) is 0. The monoisotopic (exact) mass is 355 g/mol. The second-order valence-corrected chi connectivity index (χ2v) is 5.88. The van der Waals surface area contributed by atoms with Gasteiger partial charge < -0.3 is 10.1 Å². The standard InChI is InChI=1S/C15H17N9O2/c25-13(26-12-4-2-1-3-5-12)10-23-14(17-19-21-23)15-18-20-22-24(15)11-6-8-16-9-7-11/h1-5,11,16H,6-10H2. The van der Waals surface area contributed by atoms with E-state index in [1.165, 1.54) is 4.68 Å². The molecular weight excluding hydrogens is 338 g/mol. The van der Waals surface area contributed by atoms with Crippen LogP contribution < -0.4 is 10.1 Å². The first-order chi connectivity index (χ1) is 12.8. The summed E-state index contributed by atoms with van der Waals surface area (Å²) in [5, 5.41) is 26.7. The van der Waals surface area contributed by atoms with Gasteiger partial charge in [0.05, 0.1) is 6.04 Å². The van der Waals surface area contributed by atoms with Crippen LogP contribution in [0.15, 0.2) is 30.3 Å². The Bertz CT molecular complexity index is 870. The smallest absolute Gasteiger partial charge is 0.333 e. The van der Waals surface area contributed by atoms with E-state index in [-0.39, 0.29) is 12.6 Å². The maximum absolute atomic E-state index is 12.2. The van der Waals surface area contributed by atoms with E-state index in [1.54, 1.807) is 28.9 Å². The van der Waals surface area contributed by atoms with Crippen LogP contribution in [-0.4, -0.2) is 59.5 Å². The van der Waals surface area contributed by atoms with Crippen LogP contribution >= 0.6 is 0 Å². The first-order valence-corrected chi connectivity index (χ1v) is 8.32. The van der Waals surface area contributed by atoms with Crippen LogP contribution in [0, 0.1) is 0 Å². The number of carbonyl (C=O) groups excluding carboxylic acids is 1. The summed E-state index contributed by atoms with van der Waals surface area (Å²) in [6, 6.07) is 9.00. The molecule has 0 saturated carbocycles. The normalized spacial score (nSPS) is 15.1. The Morgan fingerprint density at radius 2 is 1.81 bits per heavy atom. The topological polar surface area (TPSA) is 126 Å². The van der Waals surface area contributed by atoms with E-state index in [4.69, 9.17) is 4.74 Å². The van der Waals surface area contributed by atoms with Crippen LogP contribution in [0.1, 0.15) is 18.9 Å². The van der Waals surface area contributed by atoms with E-state index in [9.17, 15) is 4.79 Å². The van der Waals surface area contributed by atoms with E-state index in [0.29, 0.717) is 17.4 Å². The number of hydrogen-bond acceptors (Lipinski definition) is 9. The minimum Gasteiger partial charge on any atom is -0.425 e. The van der Waals surface area contributed by atoms with E-state index in [0.717, 1.165) is 25.9 Å². The van der Waals surface area contributed by atoms with Gasteiger partial charge in [0.1, 0.15) is 12.3 Å². The summed E-state index contributed by atoms with van der Waals surface area (Å²) < 4.78 is 8.35. The Labute approximate surface area is 148 Å². The number of para-hydroxylation sites is 1. The fourth-order valence-corrected chi connectivity index (χ4v) is 2.88.